The van der Waals surface area contributed by atoms with Crippen molar-refractivity contribution in [2.75, 3.05) is 10.7 Å². The van der Waals surface area contributed by atoms with Crippen molar-refractivity contribution < 1.29 is 9.18 Å². The molecule has 0 spiro atoms. The van der Waals surface area contributed by atoms with Gasteiger partial charge in [-0.1, -0.05) is 49.0 Å². The number of aryl methyl sites for hydroxylation is 2. The molecule has 4 rings (SSSR count). The molecule has 6 nitrogen and oxygen atoms in total. The Morgan fingerprint density at radius 1 is 1.21 bits per heavy atom. The molecule has 2 N–H and O–H groups in total. The predicted molar refractivity (Wildman–Crippen MR) is 107 cm³/mol. The number of rotatable bonds is 4. The highest BCUT2D eigenvalue weighted by Gasteiger charge is 2.37. The Hall–Kier alpha value is -2.87. The highest BCUT2D eigenvalue weighted by molar-refractivity contribution is 8.00. The van der Waals surface area contributed by atoms with Gasteiger partial charge in [-0.2, -0.15) is 0 Å². The molecule has 28 heavy (non-hydrogen) atoms. The van der Waals surface area contributed by atoms with Crippen LogP contribution in [0.3, 0.4) is 0 Å². The van der Waals surface area contributed by atoms with Gasteiger partial charge in [0.15, 0.2) is 0 Å². The van der Waals surface area contributed by atoms with Crippen LogP contribution < -0.4 is 10.7 Å². The van der Waals surface area contributed by atoms with E-state index in [2.05, 4.69) is 27.9 Å². The van der Waals surface area contributed by atoms with Crippen LogP contribution in [0.1, 0.15) is 29.9 Å². The number of carbonyl (C=O) groups is 1. The Kier molecular flexibility index (Phi) is 5.04. The molecule has 8 heteroatoms. The summed E-state index contributed by atoms with van der Waals surface area (Å²) < 4.78 is 15.2. The van der Waals surface area contributed by atoms with E-state index in [0.29, 0.717) is 11.0 Å². The minimum Gasteiger partial charge on any atom is -0.325 e. The van der Waals surface area contributed by atoms with Gasteiger partial charge in [0.2, 0.25) is 11.1 Å². The lowest BCUT2D eigenvalue weighted by atomic mass is 10.0. The van der Waals surface area contributed by atoms with E-state index in [1.54, 1.807) is 16.8 Å². The number of amides is 1. The first-order valence-corrected chi connectivity index (χ1v) is 9.94. The molecule has 1 aromatic heterocycles. The van der Waals surface area contributed by atoms with Gasteiger partial charge < -0.3 is 10.7 Å². The van der Waals surface area contributed by atoms with Gasteiger partial charge in [0, 0.05) is 5.69 Å². The van der Waals surface area contributed by atoms with Crippen LogP contribution in [0, 0.1) is 12.7 Å². The Labute approximate surface area is 166 Å². The summed E-state index contributed by atoms with van der Waals surface area (Å²) in [6.07, 6.45) is 0.821. The number of hydrogen-bond donors (Lipinski definition) is 2. The summed E-state index contributed by atoms with van der Waals surface area (Å²) >= 11 is 1.35. The van der Waals surface area contributed by atoms with Gasteiger partial charge in [-0.15, -0.1) is 10.2 Å². The molecule has 2 atom stereocenters. The van der Waals surface area contributed by atoms with Gasteiger partial charge in [-0.05, 0) is 42.7 Å². The van der Waals surface area contributed by atoms with Crippen LogP contribution in [0.2, 0.25) is 0 Å². The van der Waals surface area contributed by atoms with Crippen molar-refractivity contribution in [3.63, 3.8) is 0 Å². The van der Waals surface area contributed by atoms with E-state index in [1.807, 2.05) is 31.2 Å². The van der Waals surface area contributed by atoms with E-state index >= 15 is 0 Å². The topological polar surface area (TPSA) is 71.8 Å². The van der Waals surface area contributed by atoms with Crippen molar-refractivity contribution in [3.05, 3.63) is 71.3 Å². The predicted octanol–water partition coefficient (Wildman–Crippen LogP) is 3.69. The largest absolute Gasteiger partial charge is 0.325 e. The summed E-state index contributed by atoms with van der Waals surface area (Å²) in [6.45, 7) is 3.89. The summed E-state index contributed by atoms with van der Waals surface area (Å²) in [5.41, 5.74) is 6.00. The molecule has 0 bridgehead atoms. The third kappa shape index (κ3) is 3.47. The molecule has 2 heterocycles. The first kappa shape index (κ1) is 18.5. The van der Waals surface area contributed by atoms with Crippen LogP contribution in [-0.2, 0) is 11.2 Å². The smallest absolute Gasteiger partial charge is 0.240 e. The molecule has 1 amide bonds. The average Bonchev–Trinajstić information content (AvgIpc) is 3.08. The molecular weight excluding hydrogens is 377 g/mol. The Balaban J connectivity index is 1.67. The molecule has 1 aliphatic rings. The van der Waals surface area contributed by atoms with E-state index < -0.39 is 5.25 Å². The minimum atomic E-state index is -0.494. The molecule has 1 aliphatic heterocycles. The molecule has 0 saturated heterocycles. The highest BCUT2D eigenvalue weighted by atomic mass is 32.2. The van der Waals surface area contributed by atoms with E-state index in [-0.39, 0.29) is 17.8 Å². The highest BCUT2D eigenvalue weighted by Crippen LogP contribution is 2.37. The molecule has 3 aromatic rings. The van der Waals surface area contributed by atoms with Gasteiger partial charge in [0.1, 0.15) is 16.9 Å². The van der Waals surface area contributed by atoms with Crippen molar-refractivity contribution in [3.8, 4) is 0 Å². The number of nitrogens with zero attached hydrogens (tertiary/aromatic N) is 3. The molecule has 0 fully saturated rings. The summed E-state index contributed by atoms with van der Waals surface area (Å²) in [5, 5.41) is 11.4. The number of halogens is 1. The van der Waals surface area contributed by atoms with Crippen LogP contribution in [0.15, 0.2) is 53.7 Å². The van der Waals surface area contributed by atoms with Crippen LogP contribution in [-0.4, -0.2) is 26.0 Å². The fourth-order valence-electron chi connectivity index (χ4n) is 3.24. The van der Waals surface area contributed by atoms with Gasteiger partial charge in [-0.25, -0.2) is 9.07 Å². The maximum atomic E-state index is 13.4. The van der Waals surface area contributed by atoms with E-state index in [9.17, 15) is 9.18 Å². The van der Waals surface area contributed by atoms with Gasteiger partial charge in [0.25, 0.3) is 0 Å². The van der Waals surface area contributed by atoms with Crippen molar-refractivity contribution in [1.29, 1.82) is 0 Å². The molecule has 0 unspecified atom stereocenters. The van der Waals surface area contributed by atoms with Crippen LogP contribution in [0.25, 0.3) is 0 Å². The number of para-hydroxylation sites is 1. The van der Waals surface area contributed by atoms with Gasteiger partial charge in [0.05, 0.1) is 6.04 Å². The first-order chi connectivity index (χ1) is 13.6. The summed E-state index contributed by atoms with van der Waals surface area (Å²) in [5.74, 6) is 0.246. The van der Waals surface area contributed by atoms with Crippen molar-refractivity contribution in [2.24, 2.45) is 0 Å². The summed E-state index contributed by atoms with van der Waals surface area (Å²) in [6, 6.07) is 13.6. The zero-order valence-electron chi connectivity index (χ0n) is 15.5. The zero-order chi connectivity index (χ0) is 19.7. The number of nitrogens with one attached hydrogen (secondary N) is 2. The Morgan fingerprint density at radius 2 is 1.96 bits per heavy atom. The fraction of sp³-hybridized carbons (Fsp3) is 0.250. The SMILES string of the molecule is CCc1ccccc1NC(=O)[C@@H]1Sc2nnc(C)n2N[C@@H]1c1ccc(F)cc1. The van der Waals surface area contributed by atoms with Crippen molar-refractivity contribution in [2.45, 2.75) is 36.7 Å². The molecule has 144 valence electrons. The second kappa shape index (κ2) is 7.63. The second-order valence-corrected chi connectivity index (χ2v) is 7.67. The number of fused-ring (bicyclic) bond motifs is 1. The number of carbonyl (C=O) groups excluding carboxylic acids is 1. The normalized spacial score (nSPS) is 18.2. The standard InChI is InChI=1S/C20H20FN5OS/c1-3-13-6-4-5-7-16(13)22-19(27)18-17(14-8-10-15(21)11-9-14)25-26-12(2)23-24-20(26)28-18/h4-11,17-18,25H,3H2,1-2H3,(H,22,27)/t17-,18-/m1/s1. The maximum Gasteiger partial charge on any atom is 0.240 e. The Bertz CT molecular complexity index is 1000. The fourth-order valence-corrected chi connectivity index (χ4v) is 4.36. The summed E-state index contributed by atoms with van der Waals surface area (Å²) in [4.78, 5) is 13.2. The first-order valence-electron chi connectivity index (χ1n) is 9.06. The third-order valence-electron chi connectivity index (χ3n) is 4.74. The second-order valence-electron chi connectivity index (χ2n) is 6.56. The maximum absolute atomic E-state index is 13.4. The molecule has 0 aliphatic carbocycles. The van der Waals surface area contributed by atoms with Crippen LogP contribution >= 0.6 is 11.8 Å². The minimum absolute atomic E-state index is 0.139. The van der Waals surface area contributed by atoms with Gasteiger partial charge >= 0.3 is 0 Å². The van der Waals surface area contributed by atoms with Crippen LogP contribution in [0.5, 0.6) is 0 Å². The van der Waals surface area contributed by atoms with Gasteiger partial charge in [-0.3, -0.25) is 4.79 Å². The lowest BCUT2D eigenvalue weighted by molar-refractivity contribution is -0.116. The van der Waals surface area contributed by atoms with Crippen LogP contribution in [0.4, 0.5) is 10.1 Å². The molecule has 0 radical (unpaired) electrons. The van der Waals surface area contributed by atoms with E-state index in [1.165, 1.54) is 23.9 Å². The lowest BCUT2D eigenvalue weighted by Gasteiger charge is -2.32. The third-order valence-corrected chi connectivity index (χ3v) is 5.96. The molecule has 2 aromatic carbocycles. The Morgan fingerprint density at radius 3 is 2.71 bits per heavy atom. The summed E-state index contributed by atoms with van der Waals surface area (Å²) in [7, 11) is 0. The van der Waals surface area contributed by atoms with Crippen molar-refractivity contribution >= 4 is 23.4 Å². The molecule has 0 saturated carbocycles. The quantitative estimate of drug-likeness (QED) is 0.703. The van der Waals surface area contributed by atoms with Crippen molar-refractivity contribution in [1.82, 2.24) is 14.9 Å². The van der Waals surface area contributed by atoms with E-state index in [4.69, 9.17) is 0 Å². The van der Waals surface area contributed by atoms with E-state index in [0.717, 1.165) is 23.2 Å². The monoisotopic (exact) mass is 397 g/mol. The molecular formula is C20H20FN5OS. The number of thioether (sulfide) groups is 1. The zero-order valence-corrected chi connectivity index (χ0v) is 16.3. The number of hydrogen-bond acceptors (Lipinski definition) is 5. The lowest BCUT2D eigenvalue weighted by Crippen LogP contribution is -2.41. The number of anilines is 1. The average molecular weight is 397 g/mol. The number of benzene rings is 2. The number of aromatic nitrogens is 3.